The third-order valence-corrected chi connectivity index (χ3v) is 5.06. The molecular formula is C14H16N4O2S. The van der Waals surface area contributed by atoms with E-state index in [0.29, 0.717) is 5.69 Å². The molecule has 7 heteroatoms. The van der Waals surface area contributed by atoms with E-state index in [-0.39, 0.29) is 17.9 Å². The van der Waals surface area contributed by atoms with Gasteiger partial charge in [-0.05, 0) is 19.1 Å². The fourth-order valence-electron chi connectivity index (χ4n) is 1.91. The Morgan fingerprint density at radius 1 is 1.33 bits per heavy atom. The lowest BCUT2D eigenvalue weighted by Gasteiger charge is -2.14. The van der Waals surface area contributed by atoms with Crippen molar-refractivity contribution in [3.63, 3.8) is 0 Å². The molecule has 0 saturated heterocycles. The second-order valence-electron chi connectivity index (χ2n) is 4.59. The van der Waals surface area contributed by atoms with Crippen molar-refractivity contribution in [2.24, 2.45) is 0 Å². The van der Waals surface area contributed by atoms with Gasteiger partial charge < -0.3 is 0 Å². The number of para-hydroxylation sites is 1. The molecule has 2 rings (SSSR count). The number of aryl methyl sites for hydroxylation is 1. The summed E-state index contributed by atoms with van der Waals surface area (Å²) in [5.41, 5.74) is 1.23. The van der Waals surface area contributed by atoms with E-state index < -0.39 is 10.0 Å². The van der Waals surface area contributed by atoms with Crippen LogP contribution >= 0.6 is 0 Å². The van der Waals surface area contributed by atoms with E-state index >= 15 is 0 Å². The zero-order valence-corrected chi connectivity index (χ0v) is 12.7. The number of hydrogen-bond donors (Lipinski definition) is 0. The number of benzene rings is 1. The predicted octanol–water partition coefficient (Wildman–Crippen LogP) is 1.71. The Morgan fingerprint density at radius 2 is 2.00 bits per heavy atom. The first-order valence-electron chi connectivity index (χ1n) is 6.42. The summed E-state index contributed by atoms with van der Waals surface area (Å²) < 4.78 is 27.7. The van der Waals surface area contributed by atoms with Crippen LogP contribution in [0.1, 0.15) is 12.1 Å². The maximum absolute atomic E-state index is 12.5. The summed E-state index contributed by atoms with van der Waals surface area (Å²) in [5.74, 6) is 0. The highest BCUT2D eigenvalue weighted by atomic mass is 32.2. The van der Waals surface area contributed by atoms with Crippen molar-refractivity contribution >= 4 is 10.0 Å². The van der Waals surface area contributed by atoms with Crippen molar-refractivity contribution in [3.8, 4) is 11.8 Å². The molecule has 1 heterocycles. The zero-order valence-electron chi connectivity index (χ0n) is 11.9. The summed E-state index contributed by atoms with van der Waals surface area (Å²) in [6.45, 7) is 1.82. The quantitative estimate of drug-likeness (QED) is 0.842. The van der Waals surface area contributed by atoms with Gasteiger partial charge >= 0.3 is 0 Å². The molecule has 0 aliphatic heterocycles. The predicted molar refractivity (Wildman–Crippen MR) is 78.3 cm³/mol. The molecule has 0 N–H and O–H groups in total. The molecule has 0 unspecified atom stereocenters. The summed E-state index contributed by atoms with van der Waals surface area (Å²) >= 11 is 0. The second-order valence-corrected chi connectivity index (χ2v) is 6.61. The molecule has 1 aromatic carbocycles. The van der Waals surface area contributed by atoms with Gasteiger partial charge in [-0.3, -0.25) is 0 Å². The Bertz CT molecular complexity index is 760. The Labute approximate surface area is 124 Å². The van der Waals surface area contributed by atoms with Crippen LogP contribution in [0.3, 0.4) is 0 Å². The van der Waals surface area contributed by atoms with Gasteiger partial charge in [0.2, 0.25) is 10.0 Å². The molecule has 0 radical (unpaired) electrons. The molecule has 6 nitrogen and oxygen atoms in total. The number of hydrogen-bond acceptors (Lipinski definition) is 4. The van der Waals surface area contributed by atoms with Gasteiger partial charge in [0.25, 0.3) is 0 Å². The summed E-state index contributed by atoms with van der Waals surface area (Å²) in [6.07, 6.45) is 1.66. The van der Waals surface area contributed by atoms with Crippen LogP contribution in [-0.2, 0) is 10.0 Å². The molecule has 1 aromatic heterocycles. The highest BCUT2D eigenvalue weighted by molar-refractivity contribution is 7.89. The first-order chi connectivity index (χ1) is 9.96. The molecule has 0 aliphatic rings. The van der Waals surface area contributed by atoms with Crippen LogP contribution in [0, 0.1) is 18.3 Å². The van der Waals surface area contributed by atoms with Gasteiger partial charge in [0, 0.05) is 20.0 Å². The molecule has 0 atom stereocenters. The Morgan fingerprint density at radius 3 is 2.62 bits per heavy atom. The van der Waals surface area contributed by atoms with E-state index in [4.69, 9.17) is 5.26 Å². The smallest absolute Gasteiger partial charge is 0.239 e. The SMILES string of the molecule is Cc1nn(-c2ccccc2)cc1S(=O)(=O)N(C)CCC#N. The number of nitriles is 1. The van der Waals surface area contributed by atoms with E-state index in [1.165, 1.54) is 17.5 Å². The van der Waals surface area contributed by atoms with Crippen LogP contribution in [0.15, 0.2) is 41.4 Å². The van der Waals surface area contributed by atoms with Crippen LogP contribution in [0.2, 0.25) is 0 Å². The van der Waals surface area contributed by atoms with Crippen LogP contribution < -0.4 is 0 Å². The number of nitrogens with zero attached hydrogens (tertiary/aromatic N) is 4. The largest absolute Gasteiger partial charge is 0.246 e. The van der Waals surface area contributed by atoms with Crippen molar-refractivity contribution in [2.45, 2.75) is 18.2 Å². The number of aromatic nitrogens is 2. The molecule has 0 fully saturated rings. The number of rotatable bonds is 5. The molecular weight excluding hydrogens is 288 g/mol. The second kappa shape index (κ2) is 6.08. The van der Waals surface area contributed by atoms with Crippen molar-refractivity contribution in [3.05, 3.63) is 42.2 Å². The standard InChI is InChI=1S/C14H16N4O2S/c1-12-14(21(19,20)17(2)10-6-9-15)11-18(16-12)13-7-4-3-5-8-13/h3-5,7-8,11H,6,10H2,1-2H3. The van der Waals surface area contributed by atoms with Gasteiger partial charge in [-0.15, -0.1) is 0 Å². The van der Waals surface area contributed by atoms with Gasteiger partial charge in [-0.2, -0.15) is 14.7 Å². The summed E-state index contributed by atoms with van der Waals surface area (Å²) in [4.78, 5) is 0.159. The zero-order chi connectivity index (χ0) is 15.5. The fourth-order valence-corrected chi connectivity index (χ4v) is 3.22. The van der Waals surface area contributed by atoms with Gasteiger partial charge in [-0.25, -0.2) is 13.1 Å². The lowest BCUT2D eigenvalue weighted by Crippen LogP contribution is -2.28. The normalized spacial score (nSPS) is 11.5. The molecule has 21 heavy (non-hydrogen) atoms. The summed E-state index contributed by atoms with van der Waals surface area (Å²) in [5, 5.41) is 12.8. The van der Waals surface area contributed by atoms with Crippen molar-refractivity contribution in [2.75, 3.05) is 13.6 Å². The summed E-state index contributed by atoms with van der Waals surface area (Å²) in [6, 6.07) is 11.2. The number of sulfonamides is 1. The van der Waals surface area contributed by atoms with Gasteiger partial charge in [0.15, 0.2) is 0 Å². The third-order valence-electron chi connectivity index (χ3n) is 3.10. The van der Waals surface area contributed by atoms with Crippen LogP contribution in [0.4, 0.5) is 0 Å². The van der Waals surface area contributed by atoms with Crippen molar-refractivity contribution in [1.82, 2.24) is 14.1 Å². The molecule has 0 amide bonds. The molecule has 2 aromatic rings. The van der Waals surface area contributed by atoms with E-state index in [1.807, 2.05) is 36.4 Å². The first kappa shape index (κ1) is 15.2. The van der Waals surface area contributed by atoms with E-state index in [9.17, 15) is 8.42 Å². The maximum Gasteiger partial charge on any atom is 0.246 e. The summed E-state index contributed by atoms with van der Waals surface area (Å²) in [7, 11) is -2.17. The lowest BCUT2D eigenvalue weighted by molar-refractivity contribution is 0.476. The van der Waals surface area contributed by atoms with Crippen molar-refractivity contribution < 1.29 is 8.42 Å². The Kier molecular flexibility index (Phi) is 4.40. The molecule has 0 aliphatic carbocycles. The minimum atomic E-state index is -3.63. The maximum atomic E-state index is 12.5. The Hall–Kier alpha value is -2.17. The van der Waals surface area contributed by atoms with Gasteiger partial charge in [0.1, 0.15) is 4.90 Å². The van der Waals surface area contributed by atoms with Gasteiger partial charge in [-0.1, -0.05) is 18.2 Å². The van der Waals surface area contributed by atoms with Gasteiger partial charge in [0.05, 0.1) is 23.6 Å². The highest BCUT2D eigenvalue weighted by Gasteiger charge is 2.25. The Balaban J connectivity index is 2.38. The lowest BCUT2D eigenvalue weighted by atomic mass is 10.3. The first-order valence-corrected chi connectivity index (χ1v) is 7.86. The molecule has 0 saturated carbocycles. The average Bonchev–Trinajstić information content (AvgIpc) is 2.88. The van der Waals surface area contributed by atoms with E-state index in [0.717, 1.165) is 5.69 Å². The monoisotopic (exact) mass is 304 g/mol. The van der Waals surface area contributed by atoms with Crippen LogP contribution in [-0.4, -0.2) is 36.1 Å². The fraction of sp³-hybridized carbons (Fsp3) is 0.286. The van der Waals surface area contributed by atoms with E-state index in [1.54, 1.807) is 11.6 Å². The van der Waals surface area contributed by atoms with E-state index in [2.05, 4.69) is 5.10 Å². The minimum absolute atomic E-state index is 0.154. The topological polar surface area (TPSA) is 79.0 Å². The van der Waals surface area contributed by atoms with Crippen molar-refractivity contribution in [1.29, 1.82) is 5.26 Å². The molecule has 110 valence electrons. The van der Waals surface area contributed by atoms with Crippen LogP contribution in [0.25, 0.3) is 5.69 Å². The molecule has 0 bridgehead atoms. The average molecular weight is 304 g/mol. The third kappa shape index (κ3) is 3.12. The highest BCUT2D eigenvalue weighted by Crippen LogP contribution is 2.20. The molecule has 0 spiro atoms. The minimum Gasteiger partial charge on any atom is -0.239 e. The van der Waals surface area contributed by atoms with Crippen LogP contribution in [0.5, 0.6) is 0 Å².